The van der Waals surface area contributed by atoms with Gasteiger partial charge in [0.2, 0.25) is 0 Å². The van der Waals surface area contributed by atoms with Crippen LogP contribution < -0.4 is 16.0 Å². The Morgan fingerprint density at radius 2 is 1.93 bits per heavy atom. The van der Waals surface area contributed by atoms with E-state index in [9.17, 15) is 9.59 Å². The summed E-state index contributed by atoms with van der Waals surface area (Å²) in [6, 6.07) is 9.03. The van der Waals surface area contributed by atoms with Gasteiger partial charge in [-0.15, -0.1) is 11.3 Å². The smallest absolute Gasteiger partial charge is 0.321 e. The number of rotatable bonds is 3. The molecule has 8 nitrogen and oxygen atoms in total. The van der Waals surface area contributed by atoms with E-state index in [2.05, 4.69) is 20.2 Å². The summed E-state index contributed by atoms with van der Waals surface area (Å²) in [6.07, 6.45) is 3.48. The van der Waals surface area contributed by atoms with Crippen LogP contribution in [0.2, 0.25) is 5.02 Å². The molecule has 0 saturated carbocycles. The van der Waals surface area contributed by atoms with E-state index in [1.54, 1.807) is 24.3 Å². The molecule has 2 aliphatic heterocycles. The molecule has 2 aromatic heterocycles. The average molecular weight is 443 g/mol. The van der Waals surface area contributed by atoms with E-state index in [-0.39, 0.29) is 18.1 Å². The van der Waals surface area contributed by atoms with Crippen LogP contribution in [0.3, 0.4) is 0 Å². The van der Waals surface area contributed by atoms with Gasteiger partial charge in [-0.05, 0) is 37.1 Å². The monoisotopic (exact) mass is 442 g/mol. The zero-order valence-electron chi connectivity index (χ0n) is 15.9. The molecule has 2 fully saturated rings. The Morgan fingerprint density at radius 3 is 2.63 bits per heavy atom. The maximum absolute atomic E-state index is 12.8. The first kappa shape index (κ1) is 19.1. The van der Waals surface area contributed by atoms with Gasteiger partial charge in [-0.2, -0.15) is 0 Å². The average Bonchev–Trinajstić information content (AvgIpc) is 3.26. The van der Waals surface area contributed by atoms with Crippen molar-refractivity contribution < 1.29 is 9.59 Å². The normalized spacial score (nSPS) is 20.6. The summed E-state index contributed by atoms with van der Waals surface area (Å²) in [5.41, 5.74) is 6.85. The Morgan fingerprint density at radius 1 is 1.17 bits per heavy atom. The highest BCUT2D eigenvalue weighted by molar-refractivity contribution is 7.21. The van der Waals surface area contributed by atoms with Gasteiger partial charge in [-0.1, -0.05) is 17.7 Å². The number of urea groups is 1. The van der Waals surface area contributed by atoms with Crippen LogP contribution in [0, 0.1) is 0 Å². The largest absolute Gasteiger partial charge is 0.365 e. The molecule has 2 aliphatic rings. The number of thiophene rings is 1. The lowest BCUT2D eigenvalue weighted by Crippen LogP contribution is -2.56. The lowest BCUT2D eigenvalue weighted by atomic mass is 10.2. The van der Waals surface area contributed by atoms with Crippen molar-refractivity contribution in [3.05, 3.63) is 46.6 Å². The lowest BCUT2D eigenvalue weighted by Gasteiger charge is -2.41. The fourth-order valence-electron chi connectivity index (χ4n) is 4.33. The van der Waals surface area contributed by atoms with Gasteiger partial charge in [-0.25, -0.2) is 14.8 Å². The topological polar surface area (TPSA) is 104 Å². The number of piperazine rings is 1. The minimum atomic E-state index is -0.463. The first-order valence-electron chi connectivity index (χ1n) is 9.64. The number of nitrogens with one attached hydrogen (secondary N) is 1. The van der Waals surface area contributed by atoms with Gasteiger partial charge in [0.25, 0.3) is 5.91 Å². The van der Waals surface area contributed by atoms with E-state index in [1.165, 1.54) is 17.7 Å². The number of amides is 3. The van der Waals surface area contributed by atoms with Crippen LogP contribution in [0.5, 0.6) is 0 Å². The number of halogens is 1. The predicted molar refractivity (Wildman–Crippen MR) is 117 cm³/mol. The third kappa shape index (κ3) is 3.33. The summed E-state index contributed by atoms with van der Waals surface area (Å²) in [5, 5.41) is 3.51. The van der Waals surface area contributed by atoms with E-state index >= 15 is 0 Å². The molecule has 3 N–H and O–H groups in total. The second-order valence-corrected chi connectivity index (χ2v) is 9.01. The third-order valence-electron chi connectivity index (χ3n) is 5.63. The number of aromatic nitrogens is 2. The second-order valence-electron chi connectivity index (χ2n) is 7.52. The second kappa shape index (κ2) is 7.41. The molecule has 2 atom stereocenters. The number of hydrogen-bond donors (Lipinski definition) is 2. The van der Waals surface area contributed by atoms with Crippen LogP contribution in [0.4, 0.5) is 16.3 Å². The molecule has 0 aliphatic carbocycles. The van der Waals surface area contributed by atoms with Crippen molar-refractivity contribution in [2.24, 2.45) is 5.73 Å². The van der Waals surface area contributed by atoms with Crippen molar-refractivity contribution in [3.8, 4) is 0 Å². The maximum atomic E-state index is 12.8. The molecule has 2 saturated heterocycles. The molecule has 10 heteroatoms. The summed E-state index contributed by atoms with van der Waals surface area (Å²) in [7, 11) is 0. The van der Waals surface area contributed by atoms with Crippen molar-refractivity contribution >= 4 is 56.6 Å². The molecule has 0 radical (unpaired) electrons. The molecule has 1 aromatic carbocycles. The zero-order chi connectivity index (χ0) is 20.8. The summed E-state index contributed by atoms with van der Waals surface area (Å²) >= 11 is 7.34. The van der Waals surface area contributed by atoms with Crippen LogP contribution in [0.1, 0.15) is 22.5 Å². The molecule has 5 rings (SSSR count). The van der Waals surface area contributed by atoms with Gasteiger partial charge in [-0.3, -0.25) is 4.79 Å². The van der Waals surface area contributed by atoms with Crippen molar-refractivity contribution in [2.75, 3.05) is 23.3 Å². The van der Waals surface area contributed by atoms with E-state index in [0.717, 1.165) is 28.9 Å². The molecular weight excluding hydrogens is 424 g/mol. The fourth-order valence-corrected chi connectivity index (χ4v) is 5.48. The highest BCUT2D eigenvalue weighted by Crippen LogP contribution is 2.39. The number of nitrogens with zero attached hydrogens (tertiary/aromatic N) is 4. The molecule has 4 heterocycles. The SMILES string of the molecule is NC(=O)c1cc2ncnc(N3[C@@H]4CC[C@H]3CN(C(=O)Nc3cccc(Cl)c3)C4)c2s1. The Hall–Kier alpha value is -2.91. The third-order valence-corrected chi connectivity index (χ3v) is 6.99. The summed E-state index contributed by atoms with van der Waals surface area (Å²) in [5.74, 6) is 0.356. The lowest BCUT2D eigenvalue weighted by molar-refractivity contribution is 0.100. The molecule has 0 spiro atoms. The van der Waals surface area contributed by atoms with Crippen LogP contribution in [-0.2, 0) is 0 Å². The number of carbonyl (C=O) groups excluding carboxylic acids is 2. The van der Waals surface area contributed by atoms with E-state index < -0.39 is 5.91 Å². The maximum Gasteiger partial charge on any atom is 0.321 e. The first-order chi connectivity index (χ1) is 14.5. The van der Waals surface area contributed by atoms with Gasteiger partial charge < -0.3 is 20.9 Å². The number of fused-ring (bicyclic) bond motifs is 3. The number of benzene rings is 1. The molecular formula is C20H19ClN6O2S. The fraction of sp³-hybridized carbons (Fsp3) is 0.300. The Kier molecular flexibility index (Phi) is 4.71. The molecule has 3 amide bonds. The Labute approximate surface area is 181 Å². The van der Waals surface area contributed by atoms with Gasteiger partial charge in [0.15, 0.2) is 5.82 Å². The van der Waals surface area contributed by atoms with Gasteiger partial charge in [0.1, 0.15) is 6.33 Å². The summed E-state index contributed by atoms with van der Waals surface area (Å²) in [4.78, 5) is 37.8. The molecule has 0 unspecified atom stereocenters. The minimum absolute atomic E-state index is 0.131. The number of anilines is 2. The van der Waals surface area contributed by atoms with E-state index in [4.69, 9.17) is 17.3 Å². The summed E-state index contributed by atoms with van der Waals surface area (Å²) in [6.45, 7) is 1.20. The predicted octanol–water partition coefficient (Wildman–Crippen LogP) is 3.33. The van der Waals surface area contributed by atoms with Crippen LogP contribution in [-0.4, -0.2) is 52.0 Å². The van der Waals surface area contributed by atoms with E-state index in [1.807, 2.05) is 11.0 Å². The van der Waals surface area contributed by atoms with Gasteiger partial charge in [0.05, 0.1) is 15.1 Å². The van der Waals surface area contributed by atoms with Crippen molar-refractivity contribution in [1.82, 2.24) is 14.9 Å². The minimum Gasteiger partial charge on any atom is -0.365 e. The number of primary amides is 1. The summed E-state index contributed by atoms with van der Waals surface area (Å²) < 4.78 is 0.861. The first-order valence-corrected chi connectivity index (χ1v) is 10.8. The Bertz CT molecular complexity index is 1140. The van der Waals surface area contributed by atoms with E-state index in [0.29, 0.717) is 28.7 Å². The van der Waals surface area contributed by atoms with Crippen LogP contribution >= 0.6 is 22.9 Å². The Balaban J connectivity index is 1.38. The highest BCUT2D eigenvalue weighted by atomic mass is 35.5. The van der Waals surface area contributed by atoms with Gasteiger partial charge >= 0.3 is 6.03 Å². The highest BCUT2D eigenvalue weighted by Gasteiger charge is 2.43. The van der Waals surface area contributed by atoms with Crippen molar-refractivity contribution in [2.45, 2.75) is 24.9 Å². The molecule has 30 heavy (non-hydrogen) atoms. The standard InChI is InChI=1S/C20H19ClN6O2S/c21-11-2-1-3-12(6-11)25-20(29)26-8-13-4-5-14(9-26)27(13)19-17-15(23-10-24-19)7-16(30-17)18(22)28/h1-3,6-7,10,13-14H,4-5,8-9H2,(H2,22,28)(H,25,29)/t13-,14+. The quantitative estimate of drug-likeness (QED) is 0.647. The van der Waals surface area contributed by atoms with Gasteiger partial charge in [0, 0.05) is 35.9 Å². The van der Waals surface area contributed by atoms with Crippen LogP contribution in [0.25, 0.3) is 10.2 Å². The number of carbonyl (C=O) groups is 2. The molecule has 2 bridgehead atoms. The van der Waals surface area contributed by atoms with Crippen LogP contribution in [0.15, 0.2) is 36.7 Å². The zero-order valence-corrected chi connectivity index (χ0v) is 17.5. The number of likely N-dealkylation sites (tertiary alicyclic amines) is 1. The number of hydrogen-bond acceptors (Lipinski definition) is 6. The number of nitrogens with two attached hydrogens (primary N) is 1. The molecule has 3 aromatic rings. The van der Waals surface area contributed by atoms with Crippen molar-refractivity contribution in [3.63, 3.8) is 0 Å². The van der Waals surface area contributed by atoms with Crippen molar-refractivity contribution in [1.29, 1.82) is 0 Å². The molecule has 154 valence electrons.